The third kappa shape index (κ3) is 4.09. The SMILES string of the molecule is CCN(CC)S(=O)(=O)c1ccc(O)c(NC(=O)c2cc3c(s2)CCC(C)C3)c1. The van der Waals surface area contributed by atoms with Crippen LogP contribution in [-0.4, -0.2) is 36.8 Å². The Morgan fingerprint density at radius 2 is 2.00 bits per heavy atom. The van der Waals surface area contributed by atoms with Crippen LogP contribution in [0.4, 0.5) is 5.69 Å². The molecule has 6 nitrogen and oxygen atoms in total. The standard InChI is InChI=1S/C20H26N2O4S2/c1-4-22(5-2)28(25,26)15-7-8-17(23)16(12-15)21-20(24)19-11-14-10-13(3)6-9-18(14)27-19/h7-8,11-13,23H,4-6,9-10H2,1-3H3,(H,21,24). The molecule has 2 N–H and O–H groups in total. The van der Waals surface area contributed by atoms with E-state index in [9.17, 15) is 18.3 Å². The van der Waals surface area contributed by atoms with Gasteiger partial charge in [0.25, 0.3) is 5.91 Å². The number of amides is 1. The van der Waals surface area contributed by atoms with Crippen LogP contribution in [0.3, 0.4) is 0 Å². The molecule has 0 saturated carbocycles. The van der Waals surface area contributed by atoms with E-state index in [1.54, 1.807) is 13.8 Å². The lowest BCUT2D eigenvalue weighted by atomic mass is 9.90. The smallest absolute Gasteiger partial charge is 0.265 e. The van der Waals surface area contributed by atoms with Gasteiger partial charge in [0.05, 0.1) is 15.5 Å². The molecule has 2 aromatic rings. The summed E-state index contributed by atoms with van der Waals surface area (Å²) in [6.45, 7) is 6.44. The summed E-state index contributed by atoms with van der Waals surface area (Å²) in [6.07, 6.45) is 3.08. The molecule has 1 aromatic heterocycles. The number of carbonyl (C=O) groups excluding carboxylic acids is 1. The average Bonchev–Trinajstić information content (AvgIpc) is 3.07. The minimum Gasteiger partial charge on any atom is -0.506 e. The van der Waals surface area contributed by atoms with Crippen molar-refractivity contribution in [2.45, 2.75) is 44.9 Å². The van der Waals surface area contributed by atoms with Gasteiger partial charge >= 0.3 is 0 Å². The normalized spacial score (nSPS) is 16.8. The van der Waals surface area contributed by atoms with E-state index in [4.69, 9.17) is 0 Å². The largest absolute Gasteiger partial charge is 0.506 e. The molecule has 0 spiro atoms. The first-order valence-corrected chi connectivity index (χ1v) is 11.8. The Balaban J connectivity index is 1.85. The Labute approximate surface area is 170 Å². The number of aryl methyl sites for hydroxylation is 1. The molecule has 28 heavy (non-hydrogen) atoms. The number of anilines is 1. The van der Waals surface area contributed by atoms with Crippen LogP contribution >= 0.6 is 11.3 Å². The second-order valence-electron chi connectivity index (χ2n) is 7.13. The minimum atomic E-state index is -3.68. The van der Waals surface area contributed by atoms with E-state index >= 15 is 0 Å². The van der Waals surface area contributed by atoms with Crippen LogP contribution in [0.5, 0.6) is 5.75 Å². The summed E-state index contributed by atoms with van der Waals surface area (Å²) in [5.74, 6) is 0.116. The number of hydrogen-bond acceptors (Lipinski definition) is 5. The van der Waals surface area contributed by atoms with E-state index in [0.29, 0.717) is 23.9 Å². The van der Waals surface area contributed by atoms with E-state index < -0.39 is 10.0 Å². The number of phenols is 1. The highest BCUT2D eigenvalue weighted by molar-refractivity contribution is 7.89. The number of nitrogens with zero attached hydrogens (tertiary/aromatic N) is 1. The fourth-order valence-corrected chi connectivity index (χ4v) is 6.08. The molecular weight excluding hydrogens is 396 g/mol. The van der Waals surface area contributed by atoms with Gasteiger partial charge in [0.15, 0.2) is 0 Å². The van der Waals surface area contributed by atoms with Gasteiger partial charge in [-0.2, -0.15) is 4.31 Å². The van der Waals surface area contributed by atoms with Crippen molar-refractivity contribution in [2.75, 3.05) is 18.4 Å². The summed E-state index contributed by atoms with van der Waals surface area (Å²) in [5, 5.41) is 12.8. The predicted molar refractivity (Wildman–Crippen MR) is 112 cm³/mol. The van der Waals surface area contributed by atoms with Crippen molar-refractivity contribution in [3.8, 4) is 5.75 Å². The molecule has 3 rings (SSSR count). The lowest BCUT2D eigenvalue weighted by molar-refractivity contribution is 0.103. The van der Waals surface area contributed by atoms with E-state index in [2.05, 4.69) is 12.2 Å². The van der Waals surface area contributed by atoms with Crippen LogP contribution in [-0.2, 0) is 22.9 Å². The Morgan fingerprint density at radius 1 is 1.29 bits per heavy atom. The molecule has 1 heterocycles. The maximum absolute atomic E-state index is 12.7. The Kier molecular flexibility index (Phi) is 6.12. The Bertz CT molecular complexity index is 978. The van der Waals surface area contributed by atoms with Crippen LogP contribution in [0.15, 0.2) is 29.2 Å². The Morgan fingerprint density at radius 3 is 2.68 bits per heavy atom. The van der Waals surface area contributed by atoms with Crippen LogP contribution in [0.2, 0.25) is 0 Å². The molecule has 1 atom stereocenters. The number of benzene rings is 1. The van der Waals surface area contributed by atoms with E-state index in [-0.39, 0.29) is 22.2 Å². The van der Waals surface area contributed by atoms with Gasteiger partial charge in [-0.25, -0.2) is 8.42 Å². The number of nitrogens with one attached hydrogen (secondary N) is 1. The summed E-state index contributed by atoms with van der Waals surface area (Å²) in [4.78, 5) is 14.6. The molecular formula is C20H26N2O4S2. The van der Waals surface area contributed by atoms with Crippen molar-refractivity contribution in [2.24, 2.45) is 5.92 Å². The highest BCUT2D eigenvalue weighted by Gasteiger charge is 2.24. The minimum absolute atomic E-state index is 0.0450. The maximum Gasteiger partial charge on any atom is 0.265 e. The summed E-state index contributed by atoms with van der Waals surface area (Å²) in [6, 6.07) is 5.88. The quantitative estimate of drug-likeness (QED) is 0.692. The first-order valence-electron chi connectivity index (χ1n) is 9.52. The van der Waals surface area contributed by atoms with Gasteiger partial charge < -0.3 is 10.4 Å². The van der Waals surface area contributed by atoms with Crippen molar-refractivity contribution in [3.05, 3.63) is 39.6 Å². The van der Waals surface area contributed by atoms with Gasteiger partial charge in [-0.15, -0.1) is 11.3 Å². The van der Waals surface area contributed by atoms with Crippen molar-refractivity contribution < 1.29 is 18.3 Å². The molecule has 0 aliphatic heterocycles. The van der Waals surface area contributed by atoms with Gasteiger partial charge in [0, 0.05) is 18.0 Å². The number of carbonyl (C=O) groups is 1. The number of hydrogen-bond donors (Lipinski definition) is 2. The molecule has 1 aliphatic rings. The molecule has 1 aromatic carbocycles. The highest BCUT2D eigenvalue weighted by Crippen LogP contribution is 2.33. The fourth-order valence-electron chi connectivity index (χ4n) is 3.49. The molecule has 1 unspecified atom stereocenters. The summed E-state index contributed by atoms with van der Waals surface area (Å²) >= 11 is 1.47. The zero-order chi connectivity index (χ0) is 20.5. The number of sulfonamides is 1. The van der Waals surface area contributed by atoms with E-state index in [1.165, 1.54) is 44.3 Å². The van der Waals surface area contributed by atoms with Crippen LogP contribution < -0.4 is 5.32 Å². The monoisotopic (exact) mass is 422 g/mol. The summed E-state index contributed by atoms with van der Waals surface area (Å²) in [7, 11) is -3.68. The van der Waals surface area contributed by atoms with Gasteiger partial charge in [0.1, 0.15) is 5.75 Å². The summed E-state index contributed by atoms with van der Waals surface area (Å²) in [5.41, 5.74) is 1.31. The lowest BCUT2D eigenvalue weighted by Crippen LogP contribution is -2.30. The van der Waals surface area contributed by atoms with E-state index in [0.717, 1.165) is 19.3 Å². The number of aromatic hydroxyl groups is 1. The third-order valence-electron chi connectivity index (χ3n) is 5.11. The number of fused-ring (bicyclic) bond motifs is 1. The number of phenolic OH excluding ortho intramolecular Hbond substituents is 1. The topological polar surface area (TPSA) is 86.7 Å². The molecule has 0 saturated heterocycles. The van der Waals surface area contributed by atoms with Gasteiger partial charge in [-0.3, -0.25) is 4.79 Å². The number of thiophene rings is 1. The van der Waals surface area contributed by atoms with Crippen molar-refractivity contribution >= 4 is 33.0 Å². The molecule has 0 radical (unpaired) electrons. The van der Waals surface area contributed by atoms with Crippen molar-refractivity contribution in [1.29, 1.82) is 0 Å². The average molecular weight is 423 g/mol. The first kappa shape index (κ1) is 20.8. The van der Waals surface area contributed by atoms with Crippen molar-refractivity contribution in [1.82, 2.24) is 4.31 Å². The van der Waals surface area contributed by atoms with Crippen LogP contribution in [0.1, 0.15) is 47.3 Å². The predicted octanol–water partition coefficient (Wildman–Crippen LogP) is 3.86. The molecule has 152 valence electrons. The molecule has 1 aliphatic carbocycles. The molecule has 1 amide bonds. The first-order chi connectivity index (χ1) is 13.3. The zero-order valence-electron chi connectivity index (χ0n) is 16.4. The van der Waals surface area contributed by atoms with Crippen LogP contribution in [0, 0.1) is 5.92 Å². The molecule has 0 fully saturated rings. The third-order valence-corrected chi connectivity index (χ3v) is 8.39. The second-order valence-corrected chi connectivity index (χ2v) is 10.2. The Hall–Kier alpha value is -1.90. The van der Waals surface area contributed by atoms with Gasteiger partial charge in [0.2, 0.25) is 10.0 Å². The zero-order valence-corrected chi connectivity index (χ0v) is 18.0. The molecule has 0 bridgehead atoms. The van der Waals surface area contributed by atoms with E-state index in [1.807, 2.05) is 6.07 Å². The van der Waals surface area contributed by atoms with Crippen molar-refractivity contribution in [3.63, 3.8) is 0 Å². The molecule has 8 heteroatoms. The fraction of sp³-hybridized carbons (Fsp3) is 0.450. The maximum atomic E-state index is 12.7. The highest BCUT2D eigenvalue weighted by atomic mass is 32.2. The number of rotatable bonds is 6. The lowest BCUT2D eigenvalue weighted by Gasteiger charge is -2.19. The second kappa shape index (κ2) is 8.23. The van der Waals surface area contributed by atoms with Gasteiger partial charge in [-0.05, 0) is 55.0 Å². The van der Waals surface area contributed by atoms with Crippen LogP contribution in [0.25, 0.3) is 0 Å². The summed E-state index contributed by atoms with van der Waals surface area (Å²) < 4.78 is 26.8. The van der Waals surface area contributed by atoms with Gasteiger partial charge in [-0.1, -0.05) is 20.8 Å².